The number of carboxylic acids is 1. The number of esters is 1. The molecule has 4 heteroatoms. The number of carbonyl (C=O) groups is 2. The Balaban J connectivity index is 1.82. The van der Waals surface area contributed by atoms with Crippen molar-refractivity contribution in [3.63, 3.8) is 0 Å². The second-order valence-corrected chi connectivity index (χ2v) is 7.25. The minimum absolute atomic E-state index is 0.353. The van der Waals surface area contributed by atoms with Crippen LogP contribution >= 0.6 is 0 Å². The molecule has 28 heavy (non-hydrogen) atoms. The molecule has 142 valence electrons. The van der Waals surface area contributed by atoms with Crippen LogP contribution < -0.4 is 4.74 Å². The summed E-state index contributed by atoms with van der Waals surface area (Å²) in [4.78, 5) is 24.6. The van der Waals surface area contributed by atoms with Gasteiger partial charge in [0.1, 0.15) is 5.75 Å². The fourth-order valence-electron chi connectivity index (χ4n) is 3.92. The summed E-state index contributed by atoms with van der Waals surface area (Å²) >= 11 is 0. The highest BCUT2D eigenvalue weighted by Gasteiger charge is 2.35. The Bertz CT molecular complexity index is 1100. The topological polar surface area (TPSA) is 63.6 Å². The first-order chi connectivity index (χ1) is 13.6. The molecule has 0 spiro atoms. The van der Waals surface area contributed by atoms with Crippen molar-refractivity contribution in [2.45, 2.75) is 26.2 Å². The minimum atomic E-state index is -0.956. The molecule has 4 rings (SSSR count). The van der Waals surface area contributed by atoms with Crippen molar-refractivity contribution in [1.82, 2.24) is 0 Å². The number of fused-ring (bicyclic) bond motifs is 2. The van der Waals surface area contributed by atoms with Crippen molar-refractivity contribution < 1.29 is 19.4 Å². The number of allylic oxidation sites excluding steroid dienone is 2. The van der Waals surface area contributed by atoms with Crippen molar-refractivity contribution in [2.24, 2.45) is 11.8 Å². The van der Waals surface area contributed by atoms with Gasteiger partial charge in [0.15, 0.2) is 0 Å². The number of carbonyl (C=O) groups excluding carboxylic acids is 1. The Morgan fingerprint density at radius 1 is 0.964 bits per heavy atom. The highest BCUT2D eigenvalue weighted by atomic mass is 16.5. The van der Waals surface area contributed by atoms with Gasteiger partial charge in [0.05, 0.1) is 11.8 Å². The van der Waals surface area contributed by atoms with E-state index in [2.05, 4.69) is 25.1 Å². The number of benzene rings is 3. The van der Waals surface area contributed by atoms with Gasteiger partial charge in [-0.3, -0.25) is 9.59 Å². The molecular weight excluding hydrogens is 352 g/mol. The average molecular weight is 374 g/mol. The van der Waals surface area contributed by atoms with Crippen LogP contribution in [0.5, 0.6) is 5.75 Å². The molecule has 2 unspecified atom stereocenters. The van der Waals surface area contributed by atoms with E-state index in [0.717, 1.165) is 33.5 Å². The summed E-state index contributed by atoms with van der Waals surface area (Å²) in [7, 11) is 0. The maximum absolute atomic E-state index is 13.0. The van der Waals surface area contributed by atoms with E-state index in [0.29, 0.717) is 18.6 Å². The fraction of sp³-hybridized carbons (Fsp3) is 0.250. The van der Waals surface area contributed by atoms with Crippen LogP contribution in [0.3, 0.4) is 0 Å². The second-order valence-electron chi connectivity index (χ2n) is 7.25. The molecule has 3 aromatic rings. The van der Waals surface area contributed by atoms with Gasteiger partial charge in [-0.2, -0.15) is 0 Å². The normalized spacial score (nSPS) is 19.0. The van der Waals surface area contributed by atoms with Crippen LogP contribution in [0.2, 0.25) is 0 Å². The van der Waals surface area contributed by atoms with E-state index in [9.17, 15) is 14.7 Å². The number of hydrogen-bond donors (Lipinski definition) is 1. The van der Waals surface area contributed by atoms with Crippen molar-refractivity contribution in [2.75, 3.05) is 0 Å². The fourth-order valence-corrected chi connectivity index (χ4v) is 3.92. The van der Waals surface area contributed by atoms with Crippen LogP contribution in [0, 0.1) is 11.8 Å². The van der Waals surface area contributed by atoms with Gasteiger partial charge in [-0.1, -0.05) is 55.5 Å². The Labute approximate surface area is 163 Å². The zero-order valence-electron chi connectivity index (χ0n) is 15.7. The maximum atomic E-state index is 13.0. The molecule has 0 heterocycles. The van der Waals surface area contributed by atoms with Gasteiger partial charge in [-0.25, -0.2) is 0 Å². The molecule has 4 nitrogen and oxygen atoms in total. The van der Waals surface area contributed by atoms with Crippen molar-refractivity contribution in [1.29, 1.82) is 0 Å². The molecule has 0 fully saturated rings. The van der Waals surface area contributed by atoms with Gasteiger partial charge < -0.3 is 9.84 Å². The van der Waals surface area contributed by atoms with Gasteiger partial charge in [0.2, 0.25) is 0 Å². The predicted octanol–water partition coefficient (Wildman–Crippen LogP) is 5.13. The first-order valence-corrected chi connectivity index (χ1v) is 9.62. The molecule has 0 saturated carbocycles. The summed E-state index contributed by atoms with van der Waals surface area (Å²) in [5.41, 5.74) is 1.16. The molecule has 0 saturated heterocycles. The quantitative estimate of drug-likeness (QED) is 0.298. The van der Waals surface area contributed by atoms with E-state index in [1.165, 1.54) is 0 Å². The van der Waals surface area contributed by atoms with Gasteiger partial charge in [-0.05, 0) is 47.7 Å². The van der Waals surface area contributed by atoms with Gasteiger partial charge in [0.25, 0.3) is 0 Å². The number of aryl methyl sites for hydroxylation is 1. The van der Waals surface area contributed by atoms with Crippen LogP contribution in [0.4, 0.5) is 0 Å². The van der Waals surface area contributed by atoms with E-state index < -0.39 is 23.8 Å². The van der Waals surface area contributed by atoms with Crippen LogP contribution in [0.1, 0.15) is 25.3 Å². The van der Waals surface area contributed by atoms with E-state index in [1.54, 1.807) is 0 Å². The van der Waals surface area contributed by atoms with Gasteiger partial charge >= 0.3 is 11.9 Å². The van der Waals surface area contributed by atoms with Gasteiger partial charge in [-0.15, -0.1) is 0 Å². The van der Waals surface area contributed by atoms with E-state index >= 15 is 0 Å². The van der Waals surface area contributed by atoms with Crippen molar-refractivity contribution >= 4 is 33.5 Å². The molecule has 2 atom stereocenters. The number of carboxylic acid groups (broad SMARTS) is 1. The molecule has 0 aromatic heterocycles. The summed E-state index contributed by atoms with van der Waals surface area (Å²) in [6.07, 6.45) is 5.31. The summed E-state index contributed by atoms with van der Waals surface area (Å²) in [5, 5.41) is 13.2. The van der Waals surface area contributed by atoms with Crippen LogP contribution in [0.15, 0.2) is 60.7 Å². The van der Waals surface area contributed by atoms with E-state index in [-0.39, 0.29) is 0 Å². The standard InChI is InChI=1S/C24H22O4/c1-2-15-11-12-17-14-16-7-3-4-8-18(16)22(21(17)13-15)28-24(27)20-10-6-5-9-19(20)23(25)26/h3-8,11-14,19-20H,2,9-10H2,1H3,(H,25,26). The van der Waals surface area contributed by atoms with E-state index in [4.69, 9.17) is 4.74 Å². The van der Waals surface area contributed by atoms with Crippen LogP contribution in [0.25, 0.3) is 21.5 Å². The minimum Gasteiger partial charge on any atom is -0.481 e. The predicted molar refractivity (Wildman–Crippen MR) is 109 cm³/mol. The molecular formula is C24H22O4. The Hall–Kier alpha value is -3.14. The third-order valence-corrected chi connectivity index (χ3v) is 5.54. The summed E-state index contributed by atoms with van der Waals surface area (Å²) in [5.74, 6) is -2.33. The molecule has 1 aliphatic carbocycles. The molecule has 0 radical (unpaired) electrons. The average Bonchev–Trinajstić information content (AvgIpc) is 2.73. The smallest absolute Gasteiger partial charge is 0.315 e. The maximum Gasteiger partial charge on any atom is 0.315 e. The van der Waals surface area contributed by atoms with Crippen molar-refractivity contribution in [3.05, 3.63) is 66.2 Å². The molecule has 0 bridgehead atoms. The number of aliphatic carboxylic acids is 1. The molecule has 1 aliphatic rings. The largest absolute Gasteiger partial charge is 0.481 e. The number of hydrogen-bond acceptors (Lipinski definition) is 3. The number of ether oxygens (including phenoxy) is 1. The Morgan fingerprint density at radius 2 is 1.68 bits per heavy atom. The summed E-state index contributed by atoms with van der Waals surface area (Å²) in [6, 6.07) is 16.1. The zero-order chi connectivity index (χ0) is 19.7. The molecule has 0 aliphatic heterocycles. The lowest BCUT2D eigenvalue weighted by atomic mass is 9.83. The third kappa shape index (κ3) is 3.26. The highest BCUT2D eigenvalue weighted by molar-refractivity contribution is 6.06. The molecule has 0 amide bonds. The Morgan fingerprint density at radius 3 is 2.43 bits per heavy atom. The first kappa shape index (κ1) is 18.2. The van der Waals surface area contributed by atoms with Crippen molar-refractivity contribution in [3.8, 4) is 5.75 Å². The highest BCUT2D eigenvalue weighted by Crippen LogP contribution is 2.37. The van der Waals surface area contributed by atoms with Gasteiger partial charge in [0, 0.05) is 10.8 Å². The molecule has 1 N–H and O–H groups in total. The van der Waals surface area contributed by atoms with Crippen LogP contribution in [-0.4, -0.2) is 17.0 Å². The zero-order valence-corrected chi connectivity index (χ0v) is 15.7. The number of rotatable bonds is 4. The molecule has 3 aromatic carbocycles. The first-order valence-electron chi connectivity index (χ1n) is 9.62. The SMILES string of the molecule is CCc1ccc2cc3ccccc3c(OC(=O)C3CC=CCC3C(=O)O)c2c1. The lowest BCUT2D eigenvalue weighted by Crippen LogP contribution is -2.33. The monoisotopic (exact) mass is 374 g/mol. The Kier molecular flexibility index (Phi) is 4.86. The lowest BCUT2D eigenvalue weighted by Gasteiger charge is -2.24. The van der Waals surface area contributed by atoms with Crippen LogP contribution in [-0.2, 0) is 16.0 Å². The van der Waals surface area contributed by atoms with E-state index in [1.807, 2.05) is 42.5 Å². The summed E-state index contributed by atoms with van der Waals surface area (Å²) in [6.45, 7) is 2.08. The second kappa shape index (κ2) is 7.47. The summed E-state index contributed by atoms with van der Waals surface area (Å²) < 4.78 is 5.92. The lowest BCUT2D eigenvalue weighted by molar-refractivity contribution is -0.152. The third-order valence-electron chi connectivity index (χ3n) is 5.54.